The van der Waals surface area contributed by atoms with E-state index in [2.05, 4.69) is 11.0 Å². The molecular weight excluding hydrogens is 202 g/mol. The van der Waals surface area contributed by atoms with Gasteiger partial charge in [-0.1, -0.05) is 0 Å². The van der Waals surface area contributed by atoms with E-state index in [0.717, 1.165) is 17.9 Å². The van der Waals surface area contributed by atoms with Crippen LogP contribution in [0, 0.1) is 19.3 Å². The fourth-order valence-electron chi connectivity index (χ4n) is 1.57. The molecule has 0 saturated heterocycles. The van der Waals surface area contributed by atoms with Crippen molar-refractivity contribution in [1.29, 1.82) is 0 Å². The quantitative estimate of drug-likeness (QED) is 0.740. The molecule has 1 aromatic heterocycles. The van der Waals surface area contributed by atoms with Crippen LogP contribution in [0.1, 0.15) is 24.7 Å². The minimum absolute atomic E-state index is 0.0347. The van der Waals surface area contributed by atoms with Crippen LogP contribution in [-0.2, 0) is 17.8 Å². The van der Waals surface area contributed by atoms with E-state index in [0.29, 0.717) is 6.42 Å². The molecule has 4 heteroatoms. The summed E-state index contributed by atoms with van der Waals surface area (Å²) in [5.41, 5.74) is 7.46. The SMILES string of the molecule is C#CCC(N)C(=O)Cc1cc(C)nn1CC. The molecule has 0 bridgehead atoms. The highest BCUT2D eigenvalue weighted by atomic mass is 16.1. The highest BCUT2D eigenvalue weighted by Gasteiger charge is 2.15. The lowest BCUT2D eigenvalue weighted by Crippen LogP contribution is -2.31. The minimum atomic E-state index is -0.564. The third-order valence-corrected chi connectivity index (χ3v) is 2.39. The molecule has 0 amide bonds. The van der Waals surface area contributed by atoms with Crippen molar-refractivity contribution in [3.8, 4) is 12.3 Å². The lowest BCUT2D eigenvalue weighted by Gasteiger charge is -2.08. The Morgan fingerprint density at radius 3 is 3.00 bits per heavy atom. The van der Waals surface area contributed by atoms with Crippen molar-refractivity contribution in [3.05, 3.63) is 17.5 Å². The molecular formula is C12H17N3O. The van der Waals surface area contributed by atoms with Gasteiger partial charge < -0.3 is 5.73 Å². The Hall–Kier alpha value is -1.60. The Bertz CT molecular complexity index is 414. The van der Waals surface area contributed by atoms with Gasteiger partial charge in [0.05, 0.1) is 18.2 Å². The molecule has 0 radical (unpaired) electrons. The lowest BCUT2D eigenvalue weighted by atomic mass is 10.1. The summed E-state index contributed by atoms with van der Waals surface area (Å²) < 4.78 is 1.82. The van der Waals surface area contributed by atoms with Gasteiger partial charge in [0, 0.05) is 18.7 Å². The molecule has 1 heterocycles. The largest absolute Gasteiger partial charge is 0.321 e. The number of hydrogen-bond acceptors (Lipinski definition) is 3. The number of nitrogens with zero attached hydrogens (tertiary/aromatic N) is 2. The zero-order valence-corrected chi connectivity index (χ0v) is 9.73. The first-order valence-electron chi connectivity index (χ1n) is 5.33. The monoisotopic (exact) mass is 219 g/mol. The maximum Gasteiger partial charge on any atom is 0.156 e. The van der Waals surface area contributed by atoms with E-state index in [9.17, 15) is 4.79 Å². The number of carbonyl (C=O) groups excluding carboxylic acids is 1. The number of terminal acetylenes is 1. The summed E-state index contributed by atoms with van der Waals surface area (Å²) in [6.07, 6.45) is 5.71. The van der Waals surface area contributed by atoms with Crippen molar-refractivity contribution in [2.75, 3.05) is 0 Å². The molecule has 0 aliphatic heterocycles. The van der Waals surface area contributed by atoms with E-state index in [1.54, 1.807) is 0 Å². The van der Waals surface area contributed by atoms with E-state index in [1.165, 1.54) is 0 Å². The highest BCUT2D eigenvalue weighted by Crippen LogP contribution is 2.06. The Balaban J connectivity index is 2.73. The molecule has 0 saturated carbocycles. The zero-order chi connectivity index (χ0) is 12.1. The standard InChI is InChI=1S/C12H17N3O/c1-4-6-11(13)12(16)8-10-7-9(3)14-15(10)5-2/h1,7,11H,5-6,8,13H2,2-3H3. The van der Waals surface area contributed by atoms with Gasteiger partial charge in [-0.15, -0.1) is 12.3 Å². The van der Waals surface area contributed by atoms with E-state index in [4.69, 9.17) is 12.2 Å². The average Bonchev–Trinajstić information content (AvgIpc) is 2.59. The maximum absolute atomic E-state index is 11.7. The van der Waals surface area contributed by atoms with Crippen LogP contribution >= 0.6 is 0 Å². The van der Waals surface area contributed by atoms with Crippen LogP contribution in [0.2, 0.25) is 0 Å². The number of hydrogen-bond donors (Lipinski definition) is 1. The second-order valence-electron chi connectivity index (χ2n) is 3.75. The molecule has 1 aromatic rings. The minimum Gasteiger partial charge on any atom is -0.321 e. The number of Topliss-reactive ketones (excluding diaryl/α,β-unsaturated/α-hetero) is 1. The van der Waals surface area contributed by atoms with Gasteiger partial charge in [0.2, 0.25) is 0 Å². The molecule has 0 spiro atoms. The normalized spacial score (nSPS) is 12.1. The Labute approximate surface area is 95.8 Å². The molecule has 2 N–H and O–H groups in total. The van der Waals surface area contributed by atoms with Crippen LogP contribution in [-0.4, -0.2) is 21.6 Å². The van der Waals surface area contributed by atoms with Gasteiger partial charge in [0.15, 0.2) is 5.78 Å². The van der Waals surface area contributed by atoms with Crippen LogP contribution in [0.15, 0.2) is 6.07 Å². The highest BCUT2D eigenvalue weighted by molar-refractivity contribution is 5.85. The van der Waals surface area contributed by atoms with Gasteiger partial charge in [0.25, 0.3) is 0 Å². The second-order valence-corrected chi connectivity index (χ2v) is 3.75. The maximum atomic E-state index is 11.7. The predicted molar refractivity (Wildman–Crippen MR) is 62.8 cm³/mol. The van der Waals surface area contributed by atoms with E-state index in [-0.39, 0.29) is 12.2 Å². The average molecular weight is 219 g/mol. The smallest absolute Gasteiger partial charge is 0.156 e. The van der Waals surface area contributed by atoms with Crippen molar-refractivity contribution in [3.63, 3.8) is 0 Å². The van der Waals surface area contributed by atoms with Gasteiger partial charge in [-0.05, 0) is 19.9 Å². The zero-order valence-electron chi connectivity index (χ0n) is 9.73. The molecule has 0 aliphatic carbocycles. The number of carbonyl (C=O) groups is 1. The van der Waals surface area contributed by atoms with Crippen LogP contribution in [0.25, 0.3) is 0 Å². The van der Waals surface area contributed by atoms with E-state index < -0.39 is 6.04 Å². The van der Waals surface area contributed by atoms with E-state index >= 15 is 0 Å². The number of ketones is 1. The summed E-state index contributed by atoms with van der Waals surface area (Å²) in [5.74, 6) is 2.37. The number of rotatable bonds is 5. The summed E-state index contributed by atoms with van der Waals surface area (Å²) in [6.45, 7) is 4.64. The third kappa shape index (κ3) is 2.94. The summed E-state index contributed by atoms with van der Waals surface area (Å²) >= 11 is 0. The molecule has 1 atom stereocenters. The van der Waals surface area contributed by atoms with Crippen molar-refractivity contribution in [2.45, 2.75) is 39.3 Å². The first-order valence-corrected chi connectivity index (χ1v) is 5.33. The van der Waals surface area contributed by atoms with Gasteiger partial charge >= 0.3 is 0 Å². The van der Waals surface area contributed by atoms with Crippen molar-refractivity contribution < 1.29 is 4.79 Å². The number of nitrogens with two attached hydrogens (primary N) is 1. The first kappa shape index (κ1) is 12.5. The van der Waals surface area contributed by atoms with Gasteiger partial charge in [0.1, 0.15) is 0 Å². The van der Waals surface area contributed by atoms with Crippen molar-refractivity contribution >= 4 is 5.78 Å². The molecule has 4 nitrogen and oxygen atoms in total. The summed E-state index contributed by atoms with van der Waals surface area (Å²) in [6, 6.07) is 1.34. The Kier molecular flexibility index (Phi) is 4.27. The summed E-state index contributed by atoms with van der Waals surface area (Å²) in [5, 5.41) is 4.27. The lowest BCUT2D eigenvalue weighted by molar-refractivity contribution is -0.119. The van der Waals surface area contributed by atoms with Crippen LogP contribution in [0.3, 0.4) is 0 Å². The summed E-state index contributed by atoms with van der Waals surface area (Å²) in [7, 11) is 0. The van der Waals surface area contributed by atoms with Crippen LogP contribution in [0.4, 0.5) is 0 Å². The van der Waals surface area contributed by atoms with Crippen LogP contribution in [0.5, 0.6) is 0 Å². The molecule has 16 heavy (non-hydrogen) atoms. The fourth-order valence-corrected chi connectivity index (χ4v) is 1.57. The van der Waals surface area contributed by atoms with Gasteiger partial charge in [-0.3, -0.25) is 9.48 Å². The molecule has 0 fully saturated rings. The molecule has 0 aliphatic rings. The van der Waals surface area contributed by atoms with Crippen molar-refractivity contribution in [2.24, 2.45) is 5.73 Å². The van der Waals surface area contributed by atoms with Crippen LogP contribution < -0.4 is 5.73 Å². The Morgan fingerprint density at radius 2 is 2.44 bits per heavy atom. The predicted octanol–water partition coefficient (Wildman–Crippen LogP) is 0.674. The Morgan fingerprint density at radius 1 is 1.75 bits per heavy atom. The van der Waals surface area contributed by atoms with Crippen molar-refractivity contribution in [1.82, 2.24) is 9.78 Å². The van der Waals surface area contributed by atoms with E-state index in [1.807, 2.05) is 24.6 Å². The topological polar surface area (TPSA) is 60.9 Å². The number of aryl methyl sites for hydroxylation is 2. The number of aromatic nitrogens is 2. The van der Waals surface area contributed by atoms with Gasteiger partial charge in [-0.25, -0.2) is 0 Å². The second kappa shape index (κ2) is 5.47. The third-order valence-electron chi connectivity index (χ3n) is 2.39. The molecule has 0 aromatic carbocycles. The van der Waals surface area contributed by atoms with Gasteiger partial charge in [-0.2, -0.15) is 5.10 Å². The summed E-state index contributed by atoms with van der Waals surface area (Å²) in [4.78, 5) is 11.7. The fraction of sp³-hybridized carbons (Fsp3) is 0.500. The molecule has 1 rings (SSSR count). The molecule has 1 unspecified atom stereocenters. The first-order chi connectivity index (χ1) is 7.58. The molecule has 86 valence electrons.